The van der Waals surface area contributed by atoms with E-state index in [1.54, 1.807) is 31.2 Å². The van der Waals surface area contributed by atoms with E-state index in [1.807, 2.05) is 0 Å². The maximum Gasteiger partial charge on any atom is 0.411 e. The number of ether oxygens (including phenoxy) is 1. The number of benzene rings is 1. The molecule has 0 aliphatic heterocycles. The van der Waals surface area contributed by atoms with Gasteiger partial charge in [0.1, 0.15) is 13.2 Å². The van der Waals surface area contributed by atoms with Crippen molar-refractivity contribution in [3.8, 4) is 0 Å². The number of primary amides is 1. The van der Waals surface area contributed by atoms with Gasteiger partial charge in [-0.1, -0.05) is 12.1 Å². The Labute approximate surface area is 124 Å². The molecule has 0 aromatic heterocycles. The number of carbonyl (C=O) groups excluding carboxylic acids is 2. The number of anilines is 1. The molecule has 4 N–H and O–H groups in total. The van der Waals surface area contributed by atoms with Crippen molar-refractivity contribution >= 4 is 17.6 Å². The lowest BCUT2D eigenvalue weighted by Crippen LogP contribution is -2.31. The maximum absolute atomic E-state index is 11.9. The van der Waals surface area contributed by atoms with Gasteiger partial charge in [0.25, 0.3) is 0 Å². The number of urea groups is 1. The van der Waals surface area contributed by atoms with Gasteiger partial charge in [-0.15, -0.1) is 0 Å². The van der Waals surface area contributed by atoms with Crippen LogP contribution < -0.4 is 16.4 Å². The van der Waals surface area contributed by atoms with E-state index in [1.165, 1.54) is 0 Å². The van der Waals surface area contributed by atoms with Gasteiger partial charge in [0.05, 0.1) is 6.04 Å². The Morgan fingerprint density at radius 2 is 1.86 bits per heavy atom. The first-order chi connectivity index (χ1) is 10.2. The zero-order valence-corrected chi connectivity index (χ0v) is 11.7. The van der Waals surface area contributed by atoms with Crippen LogP contribution in [0, 0.1) is 0 Å². The van der Waals surface area contributed by atoms with Gasteiger partial charge in [-0.05, 0) is 24.6 Å². The monoisotopic (exact) mass is 319 g/mol. The number of carbonyl (C=O) groups is 2. The average molecular weight is 319 g/mol. The zero-order chi connectivity index (χ0) is 16.8. The first-order valence-electron chi connectivity index (χ1n) is 6.27. The summed E-state index contributed by atoms with van der Waals surface area (Å²) in [6.45, 7) is -0.481. The molecule has 0 spiro atoms. The van der Waals surface area contributed by atoms with Crippen molar-refractivity contribution in [2.75, 3.05) is 18.5 Å². The number of amides is 3. The third kappa shape index (κ3) is 6.93. The summed E-state index contributed by atoms with van der Waals surface area (Å²) in [5.41, 5.74) is 6.16. The van der Waals surface area contributed by atoms with Gasteiger partial charge in [0.2, 0.25) is 5.91 Å². The predicted molar refractivity (Wildman–Crippen MR) is 73.1 cm³/mol. The first kappa shape index (κ1) is 17.8. The van der Waals surface area contributed by atoms with Gasteiger partial charge in [0.15, 0.2) is 0 Å². The second-order valence-electron chi connectivity index (χ2n) is 4.51. The third-order valence-electron chi connectivity index (χ3n) is 2.55. The number of rotatable bonds is 6. The van der Waals surface area contributed by atoms with Gasteiger partial charge < -0.3 is 21.1 Å². The second kappa shape index (κ2) is 7.64. The molecule has 0 aliphatic rings. The minimum Gasteiger partial charge on any atom is -0.362 e. The molecule has 0 bridgehead atoms. The molecular weight excluding hydrogens is 303 g/mol. The molecule has 1 unspecified atom stereocenters. The first-order valence-corrected chi connectivity index (χ1v) is 6.27. The van der Waals surface area contributed by atoms with Gasteiger partial charge >= 0.3 is 12.2 Å². The Morgan fingerprint density at radius 1 is 1.27 bits per heavy atom. The molecule has 22 heavy (non-hydrogen) atoms. The highest BCUT2D eigenvalue weighted by Gasteiger charge is 2.27. The smallest absolute Gasteiger partial charge is 0.362 e. The van der Waals surface area contributed by atoms with Crippen LogP contribution in [0.1, 0.15) is 18.5 Å². The highest BCUT2D eigenvalue weighted by molar-refractivity contribution is 5.87. The van der Waals surface area contributed by atoms with E-state index < -0.39 is 37.4 Å². The Morgan fingerprint density at radius 3 is 2.36 bits per heavy atom. The lowest BCUT2D eigenvalue weighted by atomic mass is 10.1. The van der Waals surface area contributed by atoms with Crippen molar-refractivity contribution in [2.24, 2.45) is 5.73 Å². The molecule has 1 atom stereocenters. The number of nitrogens with two attached hydrogens (primary N) is 1. The summed E-state index contributed by atoms with van der Waals surface area (Å²) in [6.07, 6.45) is -4.46. The molecule has 6 nitrogen and oxygen atoms in total. The molecule has 9 heteroatoms. The van der Waals surface area contributed by atoms with Crippen LogP contribution in [0.2, 0.25) is 0 Å². The quantitative estimate of drug-likeness (QED) is 0.748. The van der Waals surface area contributed by atoms with Crippen molar-refractivity contribution in [3.63, 3.8) is 0 Å². The fourth-order valence-corrected chi connectivity index (χ4v) is 1.62. The van der Waals surface area contributed by atoms with E-state index in [4.69, 9.17) is 5.73 Å². The minimum absolute atomic E-state index is 0.426. The van der Waals surface area contributed by atoms with Crippen molar-refractivity contribution in [1.82, 2.24) is 5.32 Å². The number of alkyl halides is 3. The lowest BCUT2D eigenvalue weighted by Gasteiger charge is -2.15. The van der Waals surface area contributed by atoms with Crippen molar-refractivity contribution in [2.45, 2.75) is 19.1 Å². The summed E-state index contributed by atoms with van der Waals surface area (Å²) in [7, 11) is 0. The van der Waals surface area contributed by atoms with Gasteiger partial charge in [0, 0.05) is 5.69 Å². The summed E-state index contributed by atoms with van der Waals surface area (Å²) in [5.74, 6) is -0.656. The van der Waals surface area contributed by atoms with E-state index in [0.29, 0.717) is 11.3 Å². The highest BCUT2D eigenvalue weighted by atomic mass is 19.4. The number of halogens is 3. The van der Waals surface area contributed by atoms with E-state index >= 15 is 0 Å². The Balaban J connectivity index is 2.45. The average Bonchev–Trinajstić information content (AvgIpc) is 2.37. The zero-order valence-electron chi connectivity index (χ0n) is 11.7. The summed E-state index contributed by atoms with van der Waals surface area (Å²) in [6, 6.07) is 5.34. The minimum atomic E-state index is -4.46. The van der Waals surface area contributed by atoms with Crippen LogP contribution in [0.5, 0.6) is 0 Å². The van der Waals surface area contributed by atoms with Crippen LogP contribution in [0.15, 0.2) is 24.3 Å². The van der Waals surface area contributed by atoms with E-state index in [0.717, 1.165) is 0 Å². The lowest BCUT2D eigenvalue weighted by molar-refractivity contribution is -0.175. The summed E-state index contributed by atoms with van der Waals surface area (Å²) < 4.78 is 39.9. The fraction of sp³-hybridized carbons (Fsp3) is 0.385. The van der Waals surface area contributed by atoms with E-state index in [-0.39, 0.29) is 0 Å². The molecule has 122 valence electrons. The fourth-order valence-electron chi connectivity index (χ4n) is 1.62. The molecule has 0 aliphatic carbocycles. The van der Waals surface area contributed by atoms with Gasteiger partial charge in [-0.25, -0.2) is 4.79 Å². The highest BCUT2D eigenvalue weighted by Crippen LogP contribution is 2.16. The van der Waals surface area contributed by atoms with Crippen molar-refractivity contribution < 1.29 is 27.5 Å². The van der Waals surface area contributed by atoms with Gasteiger partial charge in [-0.3, -0.25) is 4.79 Å². The predicted octanol–water partition coefficient (Wildman–Crippen LogP) is 1.93. The van der Waals surface area contributed by atoms with Crippen LogP contribution in [-0.2, 0) is 9.53 Å². The Bertz CT molecular complexity index is 518. The molecule has 0 heterocycles. The number of nitrogens with one attached hydrogen (secondary N) is 2. The van der Waals surface area contributed by atoms with Crippen LogP contribution in [0.4, 0.5) is 23.7 Å². The SMILES string of the molecule is CC(NC(=O)COCC(F)(F)F)c1ccc(NC(N)=O)cc1. The summed E-state index contributed by atoms with van der Waals surface area (Å²) in [5, 5.41) is 4.88. The molecular formula is C13H16F3N3O3. The topological polar surface area (TPSA) is 93.4 Å². The van der Waals surface area contributed by atoms with Gasteiger partial charge in [-0.2, -0.15) is 13.2 Å². The Kier molecular flexibility index (Phi) is 6.17. The summed E-state index contributed by atoms with van der Waals surface area (Å²) >= 11 is 0. The standard InChI is InChI=1S/C13H16F3N3O3/c1-8(18-11(20)6-22-7-13(14,15)16)9-2-4-10(5-3-9)19-12(17)21/h2-5,8H,6-7H2,1H3,(H,18,20)(H3,17,19,21). The normalized spacial score (nSPS) is 12.5. The van der Waals surface area contributed by atoms with E-state index in [9.17, 15) is 22.8 Å². The van der Waals surface area contributed by atoms with Crippen LogP contribution in [-0.4, -0.2) is 31.3 Å². The van der Waals surface area contributed by atoms with Crippen molar-refractivity contribution in [3.05, 3.63) is 29.8 Å². The molecule has 0 saturated carbocycles. The number of hydrogen-bond donors (Lipinski definition) is 3. The second-order valence-corrected chi connectivity index (χ2v) is 4.51. The largest absolute Gasteiger partial charge is 0.411 e. The van der Waals surface area contributed by atoms with Crippen molar-refractivity contribution in [1.29, 1.82) is 0 Å². The molecule has 3 amide bonds. The molecule has 1 rings (SSSR count). The number of hydrogen-bond acceptors (Lipinski definition) is 3. The van der Waals surface area contributed by atoms with Crippen LogP contribution in [0.3, 0.4) is 0 Å². The maximum atomic E-state index is 11.9. The molecule has 1 aromatic carbocycles. The van der Waals surface area contributed by atoms with Crippen LogP contribution >= 0.6 is 0 Å². The molecule has 0 radical (unpaired) electrons. The van der Waals surface area contributed by atoms with Crippen LogP contribution in [0.25, 0.3) is 0 Å². The molecule has 0 saturated heterocycles. The van der Waals surface area contributed by atoms with E-state index in [2.05, 4.69) is 15.4 Å². The molecule has 0 fully saturated rings. The molecule has 1 aromatic rings. The third-order valence-corrected chi connectivity index (χ3v) is 2.55. The summed E-state index contributed by atoms with van der Waals surface area (Å²) in [4.78, 5) is 22.1. The Hall–Kier alpha value is -2.29.